The van der Waals surface area contributed by atoms with Crippen LogP contribution in [0.5, 0.6) is 5.75 Å². The van der Waals surface area contributed by atoms with E-state index < -0.39 is 0 Å². The Morgan fingerprint density at radius 3 is 2.50 bits per heavy atom. The standard InChI is InChI=1S/C19H30N2O2.ClH/c1-14(12-17-6-4-5-7-18(17)23-3)13-19(22)21-10-8-16(9-11-21)15(2)20;/h4-7,14-16H,8-13,20H2,1-3H3;1H. The van der Waals surface area contributed by atoms with Gasteiger partial charge in [0.15, 0.2) is 0 Å². The summed E-state index contributed by atoms with van der Waals surface area (Å²) in [4.78, 5) is 14.5. The van der Waals surface area contributed by atoms with Gasteiger partial charge in [-0.05, 0) is 49.7 Å². The van der Waals surface area contributed by atoms with E-state index in [-0.39, 0.29) is 24.4 Å². The molecule has 1 fully saturated rings. The van der Waals surface area contributed by atoms with Crippen LogP contribution in [0, 0.1) is 11.8 Å². The number of nitrogens with two attached hydrogens (primary N) is 1. The maximum absolute atomic E-state index is 12.5. The van der Waals surface area contributed by atoms with Crippen molar-refractivity contribution in [2.24, 2.45) is 17.6 Å². The van der Waals surface area contributed by atoms with Gasteiger partial charge < -0.3 is 15.4 Å². The monoisotopic (exact) mass is 354 g/mol. The molecule has 1 saturated heterocycles. The molecule has 0 bridgehead atoms. The third kappa shape index (κ3) is 5.67. The lowest BCUT2D eigenvalue weighted by Crippen LogP contribution is -2.43. The first-order valence-corrected chi connectivity index (χ1v) is 8.66. The van der Waals surface area contributed by atoms with Crippen LogP contribution in [0.15, 0.2) is 24.3 Å². The molecule has 0 spiro atoms. The van der Waals surface area contributed by atoms with Crippen molar-refractivity contribution in [3.63, 3.8) is 0 Å². The molecule has 24 heavy (non-hydrogen) atoms. The highest BCUT2D eigenvalue weighted by atomic mass is 35.5. The van der Waals surface area contributed by atoms with E-state index in [0.29, 0.717) is 18.3 Å². The molecule has 2 atom stereocenters. The predicted molar refractivity (Wildman–Crippen MR) is 101 cm³/mol. The lowest BCUT2D eigenvalue weighted by atomic mass is 9.90. The summed E-state index contributed by atoms with van der Waals surface area (Å²) < 4.78 is 5.39. The fraction of sp³-hybridized carbons (Fsp3) is 0.632. The van der Waals surface area contributed by atoms with Crippen LogP contribution in [0.25, 0.3) is 0 Å². The Labute approximate surface area is 152 Å². The van der Waals surface area contributed by atoms with Crippen LogP contribution < -0.4 is 10.5 Å². The number of carbonyl (C=O) groups excluding carboxylic acids is 1. The number of halogens is 1. The molecular formula is C19H31ClN2O2. The Hall–Kier alpha value is -1.26. The van der Waals surface area contributed by atoms with Crippen LogP contribution in [0.3, 0.4) is 0 Å². The molecule has 2 rings (SSSR count). The quantitative estimate of drug-likeness (QED) is 0.853. The first-order chi connectivity index (χ1) is 11.0. The highest BCUT2D eigenvalue weighted by Crippen LogP contribution is 2.24. The first kappa shape index (κ1) is 20.8. The molecule has 1 aromatic carbocycles. The molecular weight excluding hydrogens is 324 g/mol. The van der Waals surface area contributed by atoms with Gasteiger partial charge in [-0.15, -0.1) is 12.4 Å². The molecule has 1 aliphatic rings. The molecule has 0 aliphatic carbocycles. The zero-order chi connectivity index (χ0) is 16.8. The summed E-state index contributed by atoms with van der Waals surface area (Å²) in [6.07, 6.45) is 3.53. The van der Waals surface area contributed by atoms with Crippen molar-refractivity contribution in [3.8, 4) is 5.75 Å². The van der Waals surface area contributed by atoms with E-state index in [0.717, 1.165) is 38.1 Å². The van der Waals surface area contributed by atoms with E-state index in [1.807, 2.05) is 23.1 Å². The van der Waals surface area contributed by atoms with Crippen LogP contribution in [-0.2, 0) is 11.2 Å². The van der Waals surface area contributed by atoms with Crippen LogP contribution in [0.2, 0.25) is 0 Å². The Morgan fingerprint density at radius 1 is 1.29 bits per heavy atom. The van der Waals surface area contributed by atoms with Crippen LogP contribution >= 0.6 is 12.4 Å². The smallest absolute Gasteiger partial charge is 0.222 e. The molecule has 1 aromatic rings. The lowest BCUT2D eigenvalue weighted by Gasteiger charge is -2.34. The number of ether oxygens (including phenoxy) is 1. The van der Waals surface area contributed by atoms with Crippen molar-refractivity contribution in [2.75, 3.05) is 20.2 Å². The molecule has 1 amide bonds. The zero-order valence-electron chi connectivity index (χ0n) is 15.0. The second kappa shape index (κ2) is 9.90. The van der Waals surface area contributed by atoms with Crippen molar-refractivity contribution in [2.45, 2.75) is 45.6 Å². The molecule has 4 nitrogen and oxygen atoms in total. The third-order valence-electron chi connectivity index (χ3n) is 4.92. The van der Waals surface area contributed by atoms with Gasteiger partial charge in [0.25, 0.3) is 0 Å². The number of hydrogen-bond acceptors (Lipinski definition) is 3. The molecule has 0 radical (unpaired) electrons. The zero-order valence-corrected chi connectivity index (χ0v) is 15.8. The Kier molecular flexibility index (Phi) is 8.57. The van der Waals surface area contributed by atoms with Crippen LogP contribution in [-0.4, -0.2) is 37.0 Å². The van der Waals surface area contributed by atoms with Gasteiger partial charge in [0, 0.05) is 25.6 Å². The number of benzene rings is 1. The van der Waals surface area contributed by atoms with E-state index in [4.69, 9.17) is 10.5 Å². The average Bonchev–Trinajstić information content (AvgIpc) is 2.55. The lowest BCUT2D eigenvalue weighted by molar-refractivity contribution is -0.133. The van der Waals surface area contributed by atoms with Gasteiger partial charge in [-0.3, -0.25) is 4.79 Å². The molecule has 1 aliphatic heterocycles. The minimum atomic E-state index is 0. The normalized spacial score (nSPS) is 17.8. The van der Waals surface area contributed by atoms with Crippen LogP contribution in [0.4, 0.5) is 0 Å². The van der Waals surface area contributed by atoms with Gasteiger partial charge in [-0.2, -0.15) is 0 Å². The number of likely N-dealkylation sites (tertiary alicyclic amines) is 1. The van der Waals surface area contributed by atoms with E-state index >= 15 is 0 Å². The van der Waals surface area contributed by atoms with Crippen LogP contribution in [0.1, 0.15) is 38.7 Å². The average molecular weight is 355 g/mol. The Bertz CT molecular complexity index is 514. The summed E-state index contributed by atoms with van der Waals surface area (Å²) in [5.74, 6) is 2.05. The van der Waals surface area contributed by atoms with Gasteiger partial charge in [0.05, 0.1) is 7.11 Å². The molecule has 0 aromatic heterocycles. The maximum atomic E-state index is 12.5. The number of nitrogens with zero attached hydrogens (tertiary/aromatic N) is 1. The number of amides is 1. The summed E-state index contributed by atoms with van der Waals surface area (Å²) in [7, 11) is 1.69. The van der Waals surface area contributed by atoms with Crippen molar-refractivity contribution >= 4 is 18.3 Å². The fourth-order valence-electron chi connectivity index (χ4n) is 3.42. The summed E-state index contributed by atoms with van der Waals surface area (Å²) in [6.45, 7) is 5.91. The summed E-state index contributed by atoms with van der Waals surface area (Å²) in [6, 6.07) is 8.28. The largest absolute Gasteiger partial charge is 0.496 e. The van der Waals surface area contributed by atoms with Crippen molar-refractivity contribution < 1.29 is 9.53 Å². The third-order valence-corrected chi connectivity index (χ3v) is 4.92. The van der Waals surface area contributed by atoms with E-state index in [9.17, 15) is 4.79 Å². The number of methoxy groups -OCH3 is 1. The Balaban J connectivity index is 0.00000288. The van der Waals surface area contributed by atoms with E-state index in [2.05, 4.69) is 19.9 Å². The van der Waals surface area contributed by atoms with Gasteiger partial charge in [-0.1, -0.05) is 25.1 Å². The van der Waals surface area contributed by atoms with Crippen molar-refractivity contribution in [1.82, 2.24) is 4.90 Å². The summed E-state index contributed by atoms with van der Waals surface area (Å²) in [5.41, 5.74) is 7.14. The van der Waals surface area contributed by atoms with Gasteiger partial charge in [0.2, 0.25) is 5.91 Å². The minimum Gasteiger partial charge on any atom is -0.496 e. The molecule has 0 saturated carbocycles. The molecule has 2 N–H and O–H groups in total. The van der Waals surface area contributed by atoms with Crippen molar-refractivity contribution in [3.05, 3.63) is 29.8 Å². The predicted octanol–water partition coefficient (Wildman–Crippen LogP) is 3.27. The Morgan fingerprint density at radius 2 is 1.92 bits per heavy atom. The number of para-hydroxylation sites is 1. The van der Waals surface area contributed by atoms with E-state index in [1.165, 1.54) is 5.56 Å². The van der Waals surface area contributed by atoms with Gasteiger partial charge >= 0.3 is 0 Å². The molecule has 5 heteroatoms. The fourth-order valence-corrected chi connectivity index (χ4v) is 3.42. The summed E-state index contributed by atoms with van der Waals surface area (Å²) in [5, 5.41) is 0. The number of rotatable bonds is 6. The minimum absolute atomic E-state index is 0. The molecule has 1 heterocycles. The number of piperidine rings is 1. The summed E-state index contributed by atoms with van der Waals surface area (Å²) >= 11 is 0. The van der Waals surface area contributed by atoms with E-state index in [1.54, 1.807) is 7.11 Å². The second-order valence-electron chi connectivity index (χ2n) is 6.90. The first-order valence-electron chi connectivity index (χ1n) is 8.66. The molecule has 2 unspecified atom stereocenters. The van der Waals surface area contributed by atoms with Crippen molar-refractivity contribution in [1.29, 1.82) is 0 Å². The van der Waals surface area contributed by atoms with Gasteiger partial charge in [0.1, 0.15) is 5.75 Å². The maximum Gasteiger partial charge on any atom is 0.222 e. The number of carbonyl (C=O) groups is 1. The second-order valence-corrected chi connectivity index (χ2v) is 6.90. The highest BCUT2D eigenvalue weighted by Gasteiger charge is 2.25. The topological polar surface area (TPSA) is 55.6 Å². The SMILES string of the molecule is COc1ccccc1CC(C)CC(=O)N1CCC(C(C)N)CC1.Cl. The van der Waals surface area contributed by atoms with Gasteiger partial charge in [-0.25, -0.2) is 0 Å². The molecule has 136 valence electrons. The highest BCUT2D eigenvalue weighted by molar-refractivity contribution is 5.85. The number of hydrogen-bond donors (Lipinski definition) is 1.